The van der Waals surface area contributed by atoms with Crippen LogP contribution >= 0.6 is 22.6 Å². The van der Waals surface area contributed by atoms with Gasteiger partial charge in [-0.2, -0.15) is 0 Å². The molecule has 18 heteroatoms. The van der Waals surface area contributed by atoms with Gasteiger partial charge in [-0.25, -0.2) is 4.79 Å². The van der Waals surface area contributed by atoms with Crippen LogP contribution in [0.15, 0.2) is 54.6 Å². The highest BCUT2D eigenvalue weighted by Gasteiger charge is 2.48. The van der Waals surface area contributed by atoms with Gasteiger partial charge >= 0.3 is 5.97 Å². The van der Waals surface area contributed by atoms with Crippen molar-refractivity contribution in [2.45, 2.75) is 189 Å². The van der Waals surface area contributed by atoms with E-state index in [9.17, 15) is 38.7 Å². The van der Waals surface area contributed by atoms with Crippen LogP contribution in [0.5, 0.6) is 0 Å². The molecule has 4 rings (SSSR count). The van der Waals surface area contributed by atoms with E-state index >= 15 is 9.59 Å². The predicted molar refractivity (Wildman–Crippen MR) is 316 cm³/mol. The average Bonchev–Trinajstić information content (AvgIpc) is 3.90. The molecule has 11 atom stereocenters. The first-order valence-electron chi connectivity index (χ1n) is 28.8. The number of aliphatic hydroxyl groups is 1. The zero-order chi connectivity index (χ0) is 60.2. The lowest BCUT2D eigenvalue weighted by molar-refractivity contribution is -0.178. The molecule has 80 heavy (non-hydrogen) atoms. The topological polar surface area (TPSA) is 211 Å². The lowest BCUT2D eigenvalue weighted by Crippen LogP contribution is -2.61. The lowest BCUT2D eigenvalue weighted by atomic mass is 9.82. The highest BCUT2D eigenvalue weighted by atomic mass is 127. The van der Waals surface area contributed by atoms with E-state index in [-0.39, 0.29) is 56.3 Å². The Balaban J connectivity index is 1.98. The summed E-state index contributed by atoms with van der Waals surface area (Å²) in [6.07, 6.45) is -0.0440. The van der Waals surface area contributed by atoms with Gasteiger partial charge in [0.05, 0.1) is 17.7 Å². The summed E-state index contributed by atoms with van der Waals surface area (Å²) in [7, 11) is 5.84. The minimum atomic E-state index is -1.94. The molecule has 0 radical (unpaired) electrons. The number of rotatable bonds is 13. The molecule has 0 aromatic heterocycles. The third kappa shape index (κ3) is 16.9. The Hall–Kier alpha value is -5.24. The second kappa shape index (κ2) is 29.7. The fourth-order valence-corrected chi connectivity index (χ4v) is 12.1. The molecule has 2 saturated heterocycles. The Morgan fingerprint density at radius 3 is 1.75 bits per heavy atom. The van der Waals surface area contributed by atoms with Gasteiger partial charge < -0.3 is 39.7 Å². The van der Waals surface area contributed by atoms with Crippen LogP contribution in [0.25, 0.3) is 0 Å². The molecule has 2 aromatic carbocycles. The smallest absolute Gasteiger partial charge is 0.332 e. The van der Waals surface area contributed by atoms with Gasteiger partial charge in [0.2, 0.25) is 29.5 Å². The summed E-state index contributed by atoms with van der Waals surface area (Å²) in [5, 5.41) is 14.7. The van der Waals surface area contributed by atoms with Crippen molar-refractivity contribution in [3.8, 4) is 0 Å². The van der Waals surface area contributed by atoms with Gasteiger partial charge in [-0.3, -0.25) is 38.4 Å². The second-order valence-electron chi connectivity index (χ2n) is 24.4. The van der Waals surface area contributed by atoms with E-state index in [2.05, 4.69) is 27.9 Å². The Bertz CT molecular complexity index is 2480. The summed E-state index contributed by atoms with van der Waals surface area (Å²) in [5.41, 5.74) is -0.483. The third-order valence-corrected chi connectivity index (χ3v) is 17.3. The molecule has 0 aliphatic carbocycles. The number of likely N-dealkylation sites (N-methyl/N-ethyl adjacent to an activating group) is 4. The molecule has 2 fully saturated rings. The van der Waals surface area contributed by atoms with Crippen LogP contribution in [-0.4, -0.2) is 165 Å². The number of nitrogens with one attached hydrogen (secondary N) is 1. The summed E-state index contributed by atoms with van der Waals surface area (Å²) in [5.74, 6) is -9.27. The standard InChI is InChI=1S/C62H93IN6O11/c1-17-39(9)45-35-49(70)47-25-22-30-69(47)59(76)48(33-42-26-28-44(63)29-27-42)65(13)58(75)46(32-41-23-20-19-21-24-41)64-55(72)52(38(7)8)67(15)60(77)53(40(10)18-2)80-61(78)54(62(11,12)79)68(16)56(73)43(31-36(3)4)34-50(71)51(37(5)6)66(14)57(45)74/h19-21,23-24,26-29,36-40,43,45-48,51-54,79H,17-18,22,25,30-35H2,1-16H3,(H,64,72)/t39?,40?,43-,45+,46+,47+,48+,51+,52+,53-,54-/m1/s1. The molecule has 0 saturated carbocycles. The predicted octanol–water partition coefficient (Wildman–Crippen LogP) is 7.16. The van der Waals surface area contributed by atoms with Gasteiger partial charge in [0, 0.05) is 81.7 Å². The molecule has 444 valence electrons. The Kier molecular flexibility index (Phi) is 24.9. The fraction of sp³-hybridized carbons (Fsp3) is 0.661. The molecule has 2 heterocycles. The van der Waals surface area contributed by atoms with Gasteiger partial charge in [-0.15, -0.1) is 0 Å². The highest BCUT2D eigenvalue weighted by Crippen LogP contribution is 2.32. The monoisotopic (exact) mass is 1220 g/mol. The molecule has 0 spiro atoms. The lowest BCUT2D eigenvalue weighted by Gasteiger charge is -2.39. The number of Topliss-reactive ketones (excluding diaryl/α,β-unsaturated/α-hetero) is 2. The summed E-state index contributed by atoms with van der Waals surface area (Å²) in [6.45, 7) is 21.1. The summed E-state index contributed by atoms with van der Waals surface area (Å²) in [4.78, 5) is 141. The van der Waals surface area contributed by atoms with Gasteiger partial charge in [0.25, 0.3) is 5.91 Å². The normalized spacial score (nSPS) is 26.5. The van der Waals surface area contributed by atoms with Crippen molar-refractivity contribution >= 4 is 75.6 Å². The van der Waals surface area contributed by atoms with Crippen LogP contribution in [0, 0.1) is 45.0 Å². The summed E-state index contributed by atoms with van der Waals surface area (Å²) >= 11 is 2.19. The van der Waals surface area contributed by atoms with Crippen molar-refractivity contribution in [1.82, 2.24) is 29.8 Å². The first kappa shape index (κ1) is 67.3. The summed E-state index contributed by atoms with van der Waals surface area (Å²) < 4.78 is 7.09. The van der Waals surface area contributed by atoms with Crippen LogP contribution < -0.4 is 5.32 Å². The number of ether oxygens (including phenoxy) is 1. The molecule has 6 amide bonds. The first-order chi connectivity index (χ1) is 37.4. The number of amides is 6. The maximum Gasteiger partial charge on any atom is 0.332 e. The van der Waals surface area contributed by atoms with Crippen LogP contribution in [0.4, 0.5) is 0 Å². The molecule has 2 unspecified atom stereocenters. The van der Waals surface area contributed by atoms with E-state index < -0.39 is 125 Å². The zero-order valence-electron chi connectivity index (χ0n) is 50.5. The van der Waals surface area contributed by atoms with Crippen LogP contribution in [0.2, 0.25) is 0 Å². The van der Waals surface area contributed by atoms with Crippen molar-refractivity contribution in [2.24, 2.45) is 41.4 Å². The zero-order valence-corrected chi connectivity index (χ0v) is 52.7. The molecular formula is C62H93IN6O11. The maximum atomic E-state index is 15.4. The van der Waals surface area contributed by atoms with E-state index in [0.717, 1.165) is 14.0 Å². The Morgan fingerprint density at radius 2 is 1.21 bits per heavy atom. The minimum absolute atomic E-state index is 0.00589. The van der Waals surface area contributed by atoms with Crippen LogP contribution in [0.3, 0.4) is 0 Å². The number of carbonyl (C=O) groups excluding carboxylic acids is 9. The number of hydrogen-bond donors (Lipinski definition) is 2. The Morgan fingerprint density at radius 1 is 0.650 bits per heavy atom. The largest absolute Gasteiger partial charge is 0.450 e. The van der Waals surface area contributed by atoms with E-state index in [4.69, 9.17) is 4.74 Å². The maximum absolute atomic E-state index is 15.4. The number of ketones is 2. The molecule has 17 nitrogen and oxygen atoms in total. The van der Waals surface area contributed by atoms with E-state index in [0.29, 0.717) is 31.2 Å². The number of carbonyl (C=O) groups is 9. The first-order valence-corrected chi connectivity index (χ1v) is 29.9. The second-order valence-corrected chi connectivity index (χ2v) is 25.7. The van der Waals surface area contributed by atoms with Crippen molar-refractivity contribution in [1.29, 1.82) is 0 Å². The van der Waals surface area contributed by atoms with Crippen molar-refractivity contribution in [2.75, 3.05) is 34.7 Å². The minimum Gasteiger partial charge on any atom is -0.450 e. The van der Waals surface area contributed by atoms with Crippen molar-refractivity contribution < 1.29 is 53.0 Å². The quantitative estimate of drug-likeness (QED) is 0.152. The molecule has 0 bridgehead atoms. The van der Waals surface area contributed by atoms with E-state index in [1.54, 1.807) is 34.7 Å². The van der Waals surface area contributed by atoms with Crippen molar-refractivity contribution in [3.63, 3.8) is 0 Å². The highest BCUT2D eigenvalue weighted by molar-refractivity contribution is 14.1. The third-order valence-electron chi connectivity index (χ3n) is 16.5. The van der Waals surface area contributed by atoms with Gasteiger partial charge in [-0.05, 0) is 109 Å². The van der Waals surface area contributed by atoms with E-state index in [1.807, 2.05) is 96.1 Å². The number of fused-ring (bicyclic) bond motifs is 1. The molecule has 2 aliphatic heterocycles. The number of hydrogen-bond acceptors (Lipinski definition) is 11. The van der Waals surface area contributed by atoms with Gasteiger partial charge in [-0.1, -0.05) is 118 Å². The van der Waals surface area contributed by atoms with Crippen LogP contribution in [-0.2, 0) is 60.7 Å². The van der Waals surface area contributed by atoms with Crippen molar-refractivity contribution in [3.05, 3.63) is 69.3 Å². The number of cyclic esters (lactones) is 1. The molecule has 2 aliphatic rings. The van der Waals surface area contributed by atoms with Crippen LogP contribution in [0.1, 0.15) is 139 Å². The summed E-state index contributed by atoms with van der Waals surface area (Å²) in [6, 6.07) is 9.39. The van der Waals surface area contributed by atoms with E-state index in [1.165, 1.54) is 54.6 Å². The average molecular weight is 1230 g/mol. The fourth-order valence-electron chi connectivity index (χ4n) is 11.7. The Labute approximate surface area is 490 Å². The van der Waals surface area contributed by atoms with Gasteiger partial charge in [0.1, 0.15) is 18.1 Å². The molecule has 2 aromatic rings. The number of benzene rings is 2. The number of halogens is 1. The number of nitrogens with zero attached hydrogens (tertiary/aromatic N) is 5. The SMILES string of the molecule is CCC(C)[C@@H]1CC(=O)[C@@H]2CCCN2C(=O)[C@H](Cc2ccc(I)cc2)N(C)C(=O)[C@H](Cc2ccccc2)NC(=O)[C@H](C(C)C)N(C)C(=O)[C@@H](C(C)CC)OC(=O)[C@H](C(C)(C)O)N(C)C(=O)[C@H](CC(C)C)CC(=O)[C@H](C(C)C)N(C)C1=O. The number of esters is 1. The molecular weight excluding hydrogens is 1130 g/mol. The van der Waals surface area contributed by atoms with Gasteiger partial charge in [0.15, 0.2) is 23.7 Å². The molecule has 2 N–H and O–H groups in total.